The zero-order valence-electron chi connectivity index (χ0n) is 14.5. The van der Waals surface area contributed by atoms with Gasteiger partial charge in [-0.25, -0.2) is 4.98 Å². The molecule has 1 unspecified atom stereocenters. The first kappa shape index (κ1) is 15.2. The van der Waals surface area contributed by atoms with Crippen molar-refractivity contribution in [3.8, 4) is 5.75 Å². The molecule has 4 rings (SSSR count). The standard InChI is InChI=1S/C20H23N3O/c1-13-8-14(4-7-20(13)24-3)11-23-12-22-18-10-16-15(9-19(18)23)5-6-17(16)21-2/h4,7-10,12,17,21H,5-6,11H2,1-3H3. The van der Waals surface area contributed by atoms with Crippen molar-refractivity contribution >= 4 is 11.0 Å². The fourth-order valence-electron chi connectivity index (χ4n) is 3.82. The molecule has 0 amide bonds. The third kappa shape index (κ3) is 2.47. The summed E-state index contributed by atoms with van der Waals surface area (Å²) < 4.78 is 7.59. The molecule has 1 aliphatic carbocycles. The lowest BCUT2D eigenvalue weighted by Crippen LogP contribution is -2.12. The highest BCUT2D eigenvalue weighted by atomic mass is 16.5. The molecule has 0 saturated carbocycles. The highest BCUT2D eigenvalue weighted by Gasteiger charge is 2.22. The zero-order chi connectivity index (χ0) is 16.7. The van der Waals surface area contributed by atoms with Crippen molar-refractivity contribution in [2.75, 3.05) is 14.2 Å². The molecule has 0 fully saturated rings. The number of benzene rings is 2. The van der Waals surface area contributed by atoms with E-state index in [2.05, 4.69) is 46.1 Å². The van der Waals surface area contributed by atoms with Gasteiger partial charge < -0.3 is 14.6 Å². The van der Waals surface area contributed by atoms with E-state index < -0.39 is 0 Å². The maximum Gasteiger partial charge on any atom is 0.121 e. The van der Waals surface area contributed by atoms with Gasteiger partial charge in [-0.3, -0.25) is 0 Å². The molecule has 1 atom stereocenters. The molecular formula is C20H23N3O. The Labute approximate surface area is 142 Å². The smallest absolute Gasteiger partial charge is 0.121 e. The number of imidazole rings is 1. The summed E-state index contributed by atoms with van der Waals surface area (Å²) in [5.41, 5.74) is 7.60. The van der Waals surface area contributed by atoms with E-state index in [0.29, 0.717) is 6.04 Å². The molecule has 0 radical (unpaired) electrons. The second-order valence-corrected chi connectivity index (χ2v) is 6.60. The van der Waals surface area contributed by atoms with Crippen LogP contribution in [0.25, 0.3) is 11.0 Å². The molecule has 4 heteroatoms. The number of nitrogens with zero attached hydrogens (tertiary/aromatic N) is 2. The first-order valence-electron chi connectivity index (χ1n) is 8.48. The molecule has 1 aliphatic rings. The number of hydrogen-bond donors (Lipinski definition) is 1. The second kappa shape index (κ2) is 5.95. The van der Waals surface area contributed by atoms with E-state index in [1.54, 1.807) is 7.11 Å². The summed E-state index contributed by atoms with van der Waals surface area (Å²) in [6.45, 7) is 2.91. The van der Waals surface area contributed by atoms with Crippen molar-refractivity contribution in [3.05, 3.63) is 58.9 Å². The third-order valence-electron chi connectivity index (χ3n) is 5.12. The largest absolute Gasteiger partial charge is 0.496 e. The van der Waals surface area contributed by atoms with Crippen molar-refractivity contribution in [1.82, 2.24) is 14.9 Å². The van der Waals surface area contributed by atoms with Crippen LogP contribution in [0.3, 0.4) is 0 Å². The van der Waals surface area contributed by atoms with Crippen molar-refractivity contribution in [1.29, 1.82) is 0 Å². The summed E-state index contributed by atoms with van der Waals surface area (Å²) in [5, 5.41) is 3.40. The van der Waals surface area contributed by atoms with Gasteiger partial charge in [0.1, 0.15) is 5.75 Å². The van der Waals surface area contributed by atoms with Crippen LogP contribution < -0.4 is 10.1 Å². The highest BCUT2D eigenvalue weighted by molar-refractivity contribution is 5.78. The number of ether oxygens (including phenoxy) is 1. The van der Waals surface area contributed by atoms with Crippen molar-refractivity contribution in [2.45, 2.75) is 32.4 Å². The summed E-state index contributed by atoms with van der Waals surface area (Å²) in [6, 6.07) is 11.4. The molecule has 1 aromatic heterocycles. The molecule has 1 heterocycles. The molecule has 124 valence electrons. The van der Waals surface area contributed by atoms with E-state index >= 15 is 0 Å². The maximum absolute atomic E-state index is 5.35. The molecule has 0 spiro atoms. The Morgan fingerprint density at radius 2 is 2.17 bits per heavy atom. The summed E-state index contributed by atoms with van der Waals surface area (Å²) >= 11 is 0. The summed E-state index contributed by atoms with van der Waals surface area (Å²) in [5.74, 6) is 0.935. The number of aromatic nitrogens is 2. The zero-order valence-corrected chi connectivity index (χ0v) is 14.5. The first-order valence-corrected chi connectivity index (χ1v) is 8.48. The molecule has 0 aliphatic heterocycles. The minimum absolute atomic E-state index is 0.471. The monoisotopic (exact) mass is 321 g/mol. The fraction of sp³-hybridized carbons (Fsp3) is 0.350. The third-order valence-corrected chi connectivity index (χ3v) is 5.12. The van der Waals surface area contributed by atoms with Gasteiger partial charge in [0.25, 0.3) is 0 Å². The SMILES string of the molecule is CNC1CCc2cc3c(cc21)ncn3Cc1ccc(OC)c(C)c1. The van der Waals surface area contributed by atoms with Crippen LogP contribution in [-0.4, -0.2) is 23.7 Å². The number of methoxy groups -OCH3 is 1. The average Bonchev–Trinajstić information content (AvgIpc) is 3.17. The Morgan fingerprint density at radius 3 is 2.92 bits per heavy atom. The van der Waals surface area contributed by atoms with Crippen LogP contribution in [-0.2, 0) is 13.0 Å². The molecule has 24 heavy (non-hydrogen) atoms. The van der Waals surface area contributed by atoms with E-state index in [1.165, 1.54) is 28.6 Å². The van der Waals surface area contributed by atoms with Crippen molar-refractivity contribution < 1.29 is 4.74 Å². The average molecular weight is 321 g/mol. The highest BCUT2D eigenvalue weighted by Crippen LogP contribution is 2.34. The number of aryl methyl sites for hydroxylation is 2. The summed E-state index contributed by atoms with van der Waals surface area (Å²) in [7, 11) is 3.75. The molecule has 3 aromatic rings. The van der Waals surface area contributed by atoms with Crippen LogP contribution in [0.2, 0.25) is 0 Å². The molecule has 2 aromatic carbocycles. The number of fused-ring (bicyclic) bond motifs is 2. The van der Waals surface area contributed by atoms with E-state index in [4.69, 9.17) is 4.74 Å². The van der Waals surface area contributed by atoms with Gasteiger partial charge >= 0.3 is 0 Å². The van der Waals surface area contributed by atoms with Gasteiger partial charge in [0, 0.05) is 12.6 Å². The predicted molar refractivity (Wildman–Crippen MR) is 96.7 cm³/mol. The molecule has 4 nitrogen and oxygen atoms in total. The Hall–Kier alpha value is -2.33. The Kier molecular flexibility index (Phi) is 3.77. The minimum atomic E-state index is 0.471. The lowest BCUT2D eigenvalue weighted by atomic mass is 10.1. The Balaban J connectivity index is 1.69. The van der Waals surface area contributed by atoms with Crippen molar-refractivity contribution in [3.63, 3.8) is 0 Å². The van der Waals surface area contributed by atoms with Crippen LogP contribution in [0.1, 0.15) is 34.7 Å². The van der Waals surface area contributed by atoms with Gasteiger partial charge in [-0.05, 0) is 67.3 Å². The van der Waals surface area contributed by atoms with E-state index in [9.17, 15) is 0 Å². The van der Waals surface area contributed by atoms with Crippen LogP contribution in [0.5, 0.6) is 5.75 Å². The first-order chi connectivity index (χ1) is 11.7. The lowest BCUT2D eigenvalue weighted by Gasteiger charge is -2.11. The number of nitrogens with one attached hydrogen (secondary N) is 1. The van der Waals surface area contributed by atoms with E-state index in [-0.39, 0.29) is 0 Å². The van der Waals surface area contributed by atoms with Gasteiger partial charge in [0.2, 0.25) is 0 Å². The van der Waals surface area contributed by atoms with Crippen LogP contribution in [0.4, 0.5) is 0 Å². The van der Waals surface area contributed by atoms with Gasteiger partial charge in [-0.2, -0.15) is 0 Å². The van der Waals surface area contributed by atoms with E-state index in [1.807, 2.05) is 19.4 Å². The maximum atomic E-state index is 5.35. The predicted octanol–water partition coefficient (Wildman–Crippen LogP) is 3.61. The van der Waals surface area contributed by atoms with Gasteiger partial charge in [0.15, 0.2) is 0 Å². The molecule has 0 saturated heterocycles. The van der Waals surface area contributed by atoms with Crippen molar-refractivity contribution in [2.24, 2.45) is 0 Å². The summed E-state index contributed by atoms with van der Waals surface area (Å²) in [4.78, 5) is 4.63. The Morgan fingerprint density at radius 1 is 1.29 bits per heavy atom. The molecular weight excluding hydrogens is 298 g/mol. The molecule has 0 bridgehead atoms. The Bertz CT molecular complexity index is 897. The molecule has 1 N–H and O–H groups in total. The van der Waals surface area contributed by atoms with Gasteiger partial charge in [-0.15, -0.1) is 0 Å². The summed E-state index contributed by atoms with van der Waals surface area (Å²) in [6.07, 6.45) is 4.27. The topological polar surface area (TPSA) is 39.1 Å². The second-order valence-electron chi connectivity index (χ2n) is 6.60. The van der Waals surface area contributed by atoms with E-state index in [0.717, 1.165) is 29.8 Å². The minimum Gasteiger partial charge on any atom is -0.496 e. The fourth-order valence-corrected chi connectivity index (χ4v) is 3.82. The van der Waals surface area contributed by atoms with Crippen LogP contribution >= 0.6 is 0 Å². The lowest BCUT2D eigenvalue weighted by molar-refractivity contribution is 0.411. The number of hydrogen-bond acceptors (Lipinski definition) is 3. The van der Waals surface area contributed by atoms with Crippen LogP contribution in [0, 0.1) is 6.92 Å². The van der Waals surface area contributed by atoms with Crippen LogP contribution in [0.15, 0.2) is 36.7 Å². The number of rotatable bonds is 4. The quantitative estimate of drug-likeness (QED) is 0.798. The normalized spacial score (nSPS) is 16.5. The van der Waals surface area contributed by atoms with Gasteiger partial charge in [-0.1, -0.05) is 12.1 Å². The van der Waals surface area contributed by atoms with Gasteiger partial charge in [0.05, 0.1) is 24.5 Å².